The van der Waals surface area contributed by atoms with E-state index in [4.69, 9.17) is 16.7 Å². The summed E-state index contributed by atoms with van der Waals surface area (Å²) in [5.74, 6) is -1.22. The highest BCUT2D eigenvalue weighted by atomic mass is 35.5. The monoisotopic (exact) mass is 212 g/mol. The molecule has 0 amide bonds. The van der Waals surface area contributed by atoms with Crippen molar-refractivity contribution in [2.24, 2.45) is 0 Å². The average molecular weight is 213 g/mol. The first kappa shape index (κ1) is 10.4. The summed E-state index contributed by atoms with van der Waals surface area (Å²) in [6.07, 6.45) is 0.368. The van der Waals surface area contributed by atoms with Crippen LogP contribution < -0.4 is 0 Å². The van der Waals surface area contributed by atoms with Crippen molar-refractivity contribution in [1.82, 2.24) is 0 Å². The van der Waals surface area contributed by atoms with Crippen LogP contribution in [-0.4, -0.2) is 22.6 Å². The van der Waals surface area contributed by atoms with Crippen LogP contribution in [0.1, 0.15) is 31.1 Å². The third kappa shape index (κ3) is 1.97. The van der Waals surface area contributed by atoms with Crippen molar-refractivity contribution in [3.05, 3.63) is 34.9 Å². The van der Waals surface area contributed by atoms with Crippen LogP contribution in [0.4, 0.5) is 0 Å². The highest BCUT2D eigenvalue weighted by Crippen LogP contribution is 2.12. The van der Waals surface area contributed by atoms with Crippen LogP contribution in [0.25, 0.3) is 0 Å². The quantitative estimate of drug-likeness (QED) is 0.610. The van der Waals surface area contributed by atoms with Gasteiger partial charge in [-0.25, -0.2) is 4.79 Å². The number of carbonyl (C=O) groups excluding carboxylic acids is 2. The molecule has 5 heteroatoms. The Morgan fingerprint density at radius 1 is 1.36 bits per heavy atom. The minimum atomic E-state index is -1.22. The van der Waals surface area contributed by atoms with Gasteiger partial charge in [-0.3, -0.25) is 9.59 Å². The molecule has 0 fully saturated rings. The summed E-state index contributed by atoms with van der Waals surface area (Å²) >= 11 is 5.16. The second-order valence-electron chi connectivity index (χ2n) is 2.50. The topological polar surface area (TPSA) is 71.4 Å². The Kier molecular flexibility index (Phi) is 2.99. The maximum Gasteiger partial charge on any atom is 0.336 e. The van der Waals surface area contributed by atoms with E-state index in [9.17, 15) is 14.4 Å². The van der Waals surface area contributed by atoms with Gasteiger partial charge in [-0.1, -0.05) is 0 Å². The summed E-state index contributed by atoms with van der Waals surface area (Å²) in [5, 5.41) is 7.92. The number of carbonyl (C=O) groups is 3. The van der Waals surface area contributed by atoms with Gasteiger partial charge in [0.05, 0.1) is 5.56 Å². The molecule has 72 valence electrons. The van der Waals surface area contributed by atoms with Gasteiger partial charge in [-0.05, 0) is 29.8 Å². The van der Waals surface area contributed by atoms with Crippen LogP contribution in [0.2, 0.25) is 0 Å². The Morgan fingerprint density at radius 3 is 2.43 bits per heavy atom. The van der Waals surface area contributed by atoms with Crippen LogP contribution in [0.15, 0.2) is 18.2 Å². The molecule has 0 aliphatic rings. The molecular formula is C9H5ClO4. The van der Waals surface area contributed by atoms with E-state index < -0.39 is 11.2 Å². The van der Waals surface area contributed by atoms with Gasteiger partial charge in [0.2, 0.25) is 0 Å². The van der Waals surface area contributed by atoms with Crippen LogP contribution in [0.5, 0.6) is 0 Å². The average Bonchev–Trinajstić information content (AvgIpc) is 2.16. The van der Waals surface area contributed by atoms with Gasteiger partial charge < -0.3 is 5.11 Å². The minimum Gasteiger partial charge on any atom is -0.478 e. The maximum atomic E-state index is 10.7. The summed E-state index contributed by atoms with van der Waals surface area (Å²) in [5.41, 5.74) is -0.121. The first-order chi connectivity index (χ1) is 6.56. The molecular weight excluding hydrogens is 208 g/mol. The van der Waals surface area contributed by atoms with Crippen LogP contribution in [0, 0.1) is 0 Å². The molecule has 0 heterocycles. The highest BCUT2D eigenvalue weighted by molar-refractivity contribution is 6.67. The van der Waals surface area contributed by atoms with Gasteiger partial charge in [0.25, 0.3) is 5.24 Å². The van der Waals surface area contributed by atoms with Gasteiger partial charge in [-0.2, -0.15) is 0 Å². The number of aromatic carboxylic acids is 1. The summed E-state index contributed by atoms with van der Waals surface area (Å²) < 4.78 is 0. The molecule has 0 spiro atoms. The smallest absolute Gasteiger partial charge is 0.336 e. The van der Waals surface area contributed by atoms with E-state index in [1.807, 2.05) is 0 Å². The van der Waals surface area contributed by atoms with Gasteiger partial charge in [-0.15, -0.1) is 0 Å². The fraction of sp³-hybridized carbons (Fsp3) is 0. The fourth-order valence-corrected chi connectivity index (χ4v) is 1.09. The number of hydrogen-bond donors (Lipinski definition) is 1. The summed E-state index contributed by atoms with van der Waals surface area (Å²) in [6, 6.07) is 3.57. The van der Waals surface area contributed by atoms with E-state index in [0.717, 1.165) is 6.07 Å². The second kappa shape index (κ2) is 4.02. The van der Waals surface area contributed by atoms with Crippen molar-refractivity contribution < 1.29 is 19.5 Å². The molecule has 0 unspecified atom stereocenters. The van der Waals surface area contributed by atoms with Crippen molar-refractivity contribution >= 4 is 29.1 Å². The zero-order valence-corrected chi connectivity index (χ0v) is 7.62. The SMILES string of the molecule is O=Cc1cc(C(=O)Cl)ccc1C(=O)O. The first-order valence-corrected chi connectivity index (χ1v) is 3.96. The normalized spacial score (nSPS) is 9.50. The first-order valence-electron chi connectivity index (χ1n) is 3.58. The maximum absolute atomic E-state index is 10.7. The molecule has 0 radical (unpaired) electrons. The number of carboxylic acid groups (broad SMARTS) is 1. The van der Waals surface area contributed by atoms with E-state index in [1.165, 1.54) is 12.1 Å². The Hall–Kier alpha value is -1.68. The Labute approximate surface area is 84.1 Å². The number of benzene rings is 1. The molecule has 0 atom stereocenters. The lowest BCUT2D eigenvalue weighted by atomic mass is 10.1. The lowest BCUT2D eigenvalue weighted by Gasteiger charge is -2.00. The van der Waals surface area contributed by atoms with E-state index >= 15 is 0 Å². The molecule has 0 saturated carbocycles. The number of rotatable bonds is 3. The predicted octanol–water partition coefficient (Wildman–Crippen LogP) is 1.58. The van der Waals surface area contributed by atoms with E-state index in [2.05, 4.69) is 0 Å². The molecule has 0 aromatic heterocycles. The van der Waals surface area contributed by atoms with Crippen LogP contribution >= 0.6 is 11.6 Å². The van der Waals surface area contributed by atoms with Crippen molar-refractivity contribution in [3.8, 4) is 0 Å². The van der Waals surface area contributed by atoms with Crippen LogP contribution in [-0.2, 0) is 0 Å². The molecule has 0 bridgehead atoms. The highest BCUT2D eigenvalue weighted by Gasteiger charge is 2.11. The van der Waals surface area contributed by atoms with Crippen molar-refractivity contribution in [3.63, 3.8) is 0 Å². The summed E-state index contributed by atoms with van der Waals surface area (Å²) in [6.45, 7) is 0. The lowest BCUT2D eigenvalue weighted by molar-refractivity contribution is 0.0693. The fourth-order valence-electron chi connectivity index (χ4n) is 0.977. The van der Waals surface area contributed by atoms with Crippen molar-refractivity contribution in [2.75, 3.05) is 0 Å². The largest absolute Gasteiger partial charge is 0.478 e. The zero-order valence-electron chi connectivity index (χ0n) is 6.86. The van der Waals surface area contributed by atoms with Gasteiger partial charge in [0.1, 0.15) is 0 Å². The van der Waals surface area contributed by atoms with Crippen molar-refractivity contribution in [2.45, 2.75) is 0 Å². The van der Waals surface area contributed by atoms with Gasteiger partial charge >= 0.3 is 5.97 Å². The third-order valence-corrected chi connectivity index (χ3v) is 1.85. The molecule has 14 heavy (non-hydrogen) atoms. The Bertz CT molecular complexity index is 411. The minimum absolute atomic E-state index is 0.0657. The number of aldehydes is 1. The summed E-state index contributed by atoms with van der Waals surface area (Å²) in [7, 11) is 0. The van der Waals surface area contributed by atoms with E-state index in [0.29, 0.717) is 6.29 Å². The number of carboxylic acids is 1. The van der Waals surface area contributed by atoms with E-state index in [1.54, 1.807) is 0 Å². The zero-order chi connectivity index (χ0) is 10.7. The number of hydrogen-bond acceptors (Lipinski definition) is 3. The Balaban J connectivity index is 3.32. The Morgan fingerprint density at radius 2 is 2.00 bits per heavy atom. The van der Waals surface area contributed by atoms with Gasteiger partial charge in [0, 0.05) is 11.1 Å². The molecule has 0 saturated heterocycles. The molecule has 1 N–H and O–H groups in total. The molecule has 0 aliphatic heterocycles. The molecule has 1 rings (SSSR count). The molecule has 1 aromatic rings. The molecule has 0 aliphatic carbocycles. The van der Waals surface area contributed by atoms with Crippen LogP contribution in [0.3, 0.4) is 0 Å². The predicted molar refractivity (Wildman–Crippen MR) is 49.0 cm³/mol. The van der Waals surface area contributed by atoms with Crippen molar-refractivity contribution in [1.29, 1.82) is 0 Å². The third-order valence-electron chi connectivity index (χ3n) is 1.64. The summed E-state index contributed by atoms with van der Waals surface area (Å²) in [4.78, 5) is 31.8. The molecule has 1 aromatic carbocycles. The second-order valence-corrected chi connectivity index (χ2v) is 2.84. The lowest BCUT2D eigenvalue weighted by Crippen LogP contribution is -2.03. The molecule has 4 nitrogen and oxygen atoms in total. The number of halogens is 1. The van der Waals surface area contributed by atoms with E-state index in [-0.39, 0.29) is 16.7 Å². The standard InChI is InChI=1S/C9H5ClO4/c10-8(12)5-1-2-7(9(13)14)6(3-5)4-11/h1-4H,(H,13,14). The van der Waals surface area contributed by atoms with Gasteiger partial charge in [0.15, 0.2) is 6.29 Å².